The fourth-order valence-electron chi connectivity index (χ4n) is 2.44. The lowest BCUT2D eigenvalue weighted by atomic mass is 10.1. The predicted molar refractivity (Wildman–Crippen MR) is 96.1 cm³/mol. The van der Waals surface area contributed by atoms with Gasteiger partial charge >= 0.3 is 0 Å². The van der Waals surface area contributed by atoms with Gasteiger partial charge in [-0.15, -0.1) is 0 Å². The van der Waals surface area contributed by atoms with E-state index in [9.17, 15) is 18.5 Å². The number of nitro benzene ring substituents is 1. The highest BCUT2D eigenvalue weighted by molar-refractivity contribution is 7.89. The molecule has 8 nitrogen and oxygen atoms in total. The van der Waals surface area contributed by atoms with Gasteiger partial charge in [0.15, 0.2) is 11.5 Å². The summed E-state index contributed by atoms with van der Waals surface area (Å²) >= 11 is 0. The topological polar surface area (TPSA) is 108 Å². The molecule has 0 heterocycles. The maximum absolute atomic E-state index is 12.6. The first kappa shape index (κ1) is 19.7. The standard InChI is InChI=1S/C17H20N2O6S/c1-11-5-7-14(10-15(11)19(20)21)26(22,23)18-12(2)13-6-8-16(24-3)17(9-13)25-4/h5-10,12,18H,1-4H3. The molecule has 0 aromatic heterocycles. The number of ether oxygens (including phenoxy) is 2. The number of sulfonamides is 1. The molecule has 1 atom stereocenters. The highest BCUT2D eigenvalue weighted by atomic mass is 32.2. The van der Waals surface area contributed by atoms with E-state index >= 15 is 0 Å². The Balaban J connectivity index is 2.32. The van der Waals surface area contributed by atoms with Gasteiger partial charge in [-0.1, -0.05) is 12.1 Å². The first-order valence-corrected chi connectivity index (χ1v) is 9.17. The Hall–Kier alpha value is -2.65. The van der Waals surface area contributed by atoms with Crippen LogP contribution in [0.5, 0.6) is 11.5 Å². The van der Waals surface area contributed by atoms with Gasteiger partial charge in [-0.25, -0.2) is 13.1 Å². The zero-order chi connectivity index (χ0) is 19.5. The number of nitrogens with one attached hydrogen (secondary N) is 1. The van der Waals surface area contributed by atoms with Crippen molar-refractivity contribution in [2.45, 2.75) is 24.8 Å². The average Bonchev–Trinajstić information content (AvgIpc) is 2.60. The van der Waals surface area contributed by atoms with Gasteiger partial charge < -0.3 is 9.47 Å². The van der Waals surface area contributed by atoms with E-state index in [1.165, 1.54) is 26.4 Å². The molecule has 0 aliphatic heterocycles. The number of aryl methyl sites for hydroxylation is 1. The molecule has 0 radical (unpaired) electrons. The van der Waals surface area contributed by atoms with Crippen molar-refractivity contribution in [2.75, 3.05) is 14.2 Å². The summed E-state index contributed by atoms with van der Waals surface area (Å²) in [6.07, 6.45) is 0. The second kappa shape index (κ2) is 7.71. The number of nitro groups is 1. The third-order valence-electron chi connectivity index (χ3n) is 3.93. The van der Waals surface area contributed by atoms with E-state index < -0.39 is 21.0 Å². The summed E-state index contributed by atoms with van der Waals surface area (Å²) < 4.78 is 38.1. The molecule has 2 aromatic rings. The Morgan fingerprint density at radius 2 is 1.73 bits per heavy atom. The van der Waals surface area contributed by atoms with Crippen LogP contribution in [0, 0.1) is 17.0 Å². The lowest BCUT2D eigenvalue weighted by Gasteiger charge is -2.17. The largest absolute Gasteiger partial charge is 0.493 e. The quantitative estimate of drug-likeness (QED) is 0.584. The molecule has 0 bridgehead atoms. The zero-order valence-electron chi connectivity index (χ0n) is 14.8. The summed E-state index contributed by atoms with van der Waals surface area (Å²) in [7, 11) is -0.946. The van der Waals surface area contributed by atoms with Crippen molar-refractivity contribution < 1.29 is 22.8 Å². The fraction of sp³-hybridized carbons (Fsp3) is 0.294. The van der Waals surface area contributed by atoms with Crippen LogP contribution in [0.2, 0.25) is 0 Å². The molecule has 0 saturated carbocycles. The van der Waals surface area contributed by atoms with Crippen molar-refractivity contribution in [2.24, 2.45) is 0 Å². The molecule has 0 spiro atoms. The summed E-state index contributed by atoms with van der Waals surface area (Å²) in [5, 5.41) is 11.0. The summed E-state index contributed by atoms with van der Waals surface area (Å²) in [5.41, 5.74) is 0.807. The molecule has 1 N–H and O–H groups in total. The third kappa shape index (κ3) is 4.12. The number of nitrogens with zero attached hydrogens (tertiary/aromatic N) is 1. The van der Waals surface area contributed by atoms with Gasteiger partial charge in [-0.3, -0.25) is 10.1 Å². The van der Waals surface area contributed by atoms with Crippen LogP contribution >= 0.6 is 0 Å². The van der Waals surface area contributed by atoms with Crippen molar-refractivity contribution in [3.8, 4) is 11.5 Å². The van der Waals surface area contributed by atoms with Gasteiger partial charge in [0.1, 0.15) is 0 Å². The van der Waals surface area contributed by atoms with E-state index in [1.54, 1.807) is 32.0 Å². The number of benzene rings is 2. The summed E-state index contributed by atoms with van der Waals surface area (Å²) in [4.78, 5) is 10.3. The molecular weight excluding hydrogens is 360 g/mol. The molecule has 26 heavy (non-hydrogen) atoms. The maximum Gasteiger partial charge on any atom is 0.273 e. The molecule has 0 saturated heterocycles. The van der Waals surface area contributed by atoms with Crippen LogP contribution in [-0.2, 0) is 10.0 Å². The van der Waals surface area contributed by atoms with Crippen molar-refractivity contribution in [1.82, 2.24) is 4.72 Å². The monoisotopic (exact) mass is 380 g/mol. The number of rotatable bonds is 7. The van der Waals surface area contributed by atoms with Gasteiger partial charge in [0.05, 0.1) is 24.0 Å². The van der Waals surface area contributed by atoms with Gasteiger partial charge in [-0.05, 0) is 37.6 Å². The molecule has 140 valence electrons. The average molecular weight is 380 g/mol. The normalized spacial score (nSPS) is 12.5. The van der Waals surface area contributed by atoms with Crippen LogP contribution < -0.4 is 14.2 Å². The maximum atomic E-state index is 12.6. The van der Waals surface area contributed by atoms with Gasteiger partial charge in [0, 0.05) is 17.7 Å². The fourth-order valence-corrected chi connectivity index (χ4v) is 3.70. The minimum absolute atomic E-state index is 0.165. The van der Waals surface area contributed by atoms with Crippen molar-refractivity contribution >= 4 is 15.7 Å². The smallest absolute Gasteiger partial charge is 0.273 e. The van der Waals surface area contributed by atoms with E-state index in [0.717, 1.165) is 6.07 Å². The van der Waals surface area contributed by atoms with E-state index in [0.29, 0.717) is 22.6 Å². The molecule has 0 amide bonds. The Morgan fingerprint density at radius 3 is 2.31 bits per heavy atom. The molecule has 0 aliphatic carbocycles. The first-order valence-electron chi connectivity index (χ1n) is 7.69. The number of hydrogen-bond donors (Lipinski definition) is 1. The second-order valence-corrected chi connectivity index (χ2v) is 7.38. The zero-order valence-corrected chi connectivity index (χ0v) is 15.7. The van der Waals surface area contributed by atoms with Crippen LogP contribution in [0.4, 0.5) is 5.69 Å². The minimum atomic E-state index is -3.94. The SMILES string of the molecule is COc1ccc(C(C)NS(=O)(=O)c2ccc(C)c([N+](=O)[O-])c2)cc1OC. The number of methoxy groups -OCH3 is 2. The third-order valence-corrected chi connectivity index (χ3v) is 5.47. The van der Waals surface area contributed by atoms with Crippen LogP contribution in [0.15, 0.2) is 41.3 Å². The Labute approximate surface area is 152 Å². The summed E-state index contributed by atoms with van der Waals surface area (Å²) in [6.45, 7) is 3.22. The van der Waals surface area contributed by atoms with Crippen LogP contribution in [0.25, 0.3) is 0 Å². The molecule has 0 fully saturated rings. The van der Waals surface area contributed by atoms with Crippen LogP contribution in [0.3, 0.4) is 0 Å². The van der Waals surface area contributed by atoms with Gasteiger partial charge in [0.25, 0.3) is 5.69 Å². The Kier molecular flexibility index (Phi) is 5.83. The van der Waals surface area contributed by atoms with Crippen molar-refractivity contribution in [3.05, 3.63) is 57.6 Å². The second-order valence-electron chi connectivity index (χ2n) is 5.66. The van der Waals surface area contributed by atoms with Crippen molar-refractivity contribution in [1.29, 1.82) is 0 Å². The molecule has 1 unspecified atom stereocenters. The molecule has 9 heteroatoms. The van der Waals surface area contributed by atoms with E-state index in [4.69, 9.17) is 9.47 Å². The van der Waals surface area contributed by atoms with Gasteiger partial charge in [-0.2, -0.15) is 0 Å². The van der Waals surface area contributed by atoms with E-state index in [1.807, 2.05) is 0 Å². The Morgan fingerprint density at radius 1 is 1.08 bits per heavy atom. The molecule has 2 aromatic carbocycles. The highest BCUT2D eigenvalue weighted by Crippen LogP contribution is 2.30. The van der Waals surface area contributed by atoms with E-state index in [2.05, 4.69) is 4.72 Å². The minimum Gasteiger partial charge on any atom is -0.493 e. The summed E-state index contributed by atoms with van der Waals surface area (Å²) in [5.74, 6) is 1.00. The van der Waals surface area contributed by atoms with Gasteiger partial charge in [0.2, 0.25) is 10.0 Å². The lowest BCUT2D eigenvalue weighted by Crippen LogP contribution is -2.27. The Bertz CT molecular complexity index is 927. The van der Waals surface area contributed by atoms with Crippen LogP contribution in [-0.4, -0.2) is 27.6 Å². The number of hydrogen-bond acceptors (Lipinski definition) is 6. The summed E-state index contributed by atoms with van der Waals surface area (Å²) in [6, 6.07) is 8.28. The van der Waals surface area contributed by atoms with Crippen LogP contribution in [0.1, 0.15) is 24.1 Å². The molecular formula is C17H20N2O6S. The molecule has 0 aliphatic rings. The first-order chi connectivity index (χ1) is 12.2. The lowest BCUT2D eigenvalue weighted by molar-refractivity contribution is -0.385. The predicted octanol–water partition coefficient (Wildman–Crippen LogP) is 2.96. The highest BCUT2D eigenvalue weighted by Gasteiger charge is 2.22. The van der Waals surface area contributed by atoms with E-state index in [-0.39, 0.29) is 10.6 Å². The molecule has 2 rings (SSSR count). The van der Waals surface area contributed by atoms with Crippen molar-refractivity contribution in [3.63, 3.8) is 0 Å².